The lowest BCUT2D eigenvalue weighted by molar-refractivity contribution is 0.0655. The van der Waals surface area contributed by atoms with Gasteiger partial charge in [-0.05, 0) is 98.8 Å². The third-order valence-electron chi connectivity index (χ3n) is 7.77. The van der Waals surface area contributed by atoms with Gasteiger partial charge in [0.1, 0.15) is 5.82 Å². The Labute approximate surface area is 195 Å². The SMILES string of the molecule is CCOCc1ccc(C2CCC(c3ccc(C4CCC(OC)CC4)c(F)c3F)CC2)cc1F. The lowest BCUT2D eigenvalue weighted by Crippen LogP contribution is -2.20. The molecular formula is C28H35F3O2. The predicted molar refractivity (Wildman–Crippen MR) is 124 cm³/mol. The van der Waals surface area contributed by atoms with E-state index >= 15 is 8.78 Å². The lowest BCUT2D eigenvalue weighted by Gasteiger charge is -2.31. The molecule has 2 nitrogen and oxygen atoms in total. The standard InChI is InChI=1S/C28H35F3O2/c1-3-33-17-22-9-8-21(16-26(22)29)18-4-6-19(7-5-18)24-14-15-25(28(31)27(24)30)20-10-12-23(32-2)13-11-20/h8-9,14-16,18-20,23H,3-7,10-13,17H2,1-2H3. The first kappa shape index (κ1) is 24.3. The molecule has 2 fully saturated rings. The molecule has 2 aliphatic rings. The van der Waals surface area contributed by atoms with E-state index < -0.39 is 11.6 Å². The number of hydrogen-bond donors (Lipinski definition) is 0. The smallest absolute Gasteiger partial charge is 0.162 e. The van der Waals surface area contributed by atoms with Gasteiger partial charge in [0.25, 0.3) is 0 Å². The minimum absolute atomic E-state index is 0.0103. The van der Waals surface area contributed by atoms with Crippen LogP contribution < -0.4 is 0 Å². The van der Waals surface area contributed by atoms with E-state index in [1.165, 1.54) is 0 Å². The molecule has 0 amide bonds. The molecule has 0 bridgehead atoms. The van der Waals surface area contributed by atoms with Crippen LogP contribution in [0, 0.1) is 17.5 Å². The van der Waals surface area contributed by atoms with Crippen LogP contribution in [0.2, 0.25) is 0 Å². The van der Waals surface area contributed by atoms with E-state index in [0.717, 1.165) is 56.9 Å². The molecule has 2 saturated carbocycles. The van der Waals surface area contributed by atoms with Crippen molar-refractivity contribution in [2.24, 2.45) is 0 Å². The second kappa shape index (κ2) is 11.1. The molecule has 2 aromatic rings. The molecule has 0 atom stereocenters. The maximum Gasteiger partial charge on any atom is 0.162 e. The Balaban J connectivity index is 1.40. The van der Waals surface area contributed by atoms with Gasteiger partial charge in [0.15, 0.2) is 11.6 Å². The molecule has 0 N–H and O–H groups in total. The van der Waals surface area contributed by atoms with Gasteiger partial charge >= 0.3 is 0 Å². The summed E-state index contributed by atoms with van der Waals surface area (Å²) in [7, 11) is 1.71. The topological polar surface area (TPSA) is 18.5 Å². The number of benzene rings is 2. The van der Waals surface area contributed by atoms with E-state index in [-0.39, 0.29) is 36.3 Å². The number of ether oxygens (including phenoxy) is 2. The second-order valence-electron chi connectivity index (χ2n) is 9.62. The van der Waals surface area contributed by atoms with Gasteiger partial charge in [-0.3, -0.25) is 0 Å². The van der Waals surface area contributed by atoms with Crippen LogP contribution in [-0.2, 0) is 16.1 Å². The number of hydrogen-bond acceptors (Lipinski definition) is 2. The third-order valence-corrected chi connectivity index (χ3v) is 7.77. The summed E-state index contributed by atoms with van der Waals surface area (Å²) in [5, 5.41) is 0. The molecule has 180 valence electrons. The monoisotopic (exact) mass is 460 g/mol. The van der Waals surface area contributed by atoms with Crippen molar-refractivity contribution in [2.75, 3.05) is 13.7 Å². The molecule has 4 rings (SSSR count). The first-order chi connectivity index (χ1) is 16.0. The fourth-order valence-corrected chi connectivity index (χ4v) is 5.70. The molecule has 0 unspecified atom stereocenters. The van der Waals surface area contributed by atoms with Crippen LogP contribution in [-0.4, -0.2) is 19.8 Å². The molecule has 33 heavy (non-hydrogen) atoms. The van der Waals surface area contributed by atoms with Crippen molar-refractivity contribution in [3.05, 3.63) is 70.0 Å². The van der Waals surface area contributed by atoms with Crippen LogP contribution in [0.3, 0.4) is 0 Å². The molecule has 5 heteroatoms. The van der Waals surface area contributed by atoms with Gasteiger partial charge in [-0.1, -0.05) is 24.3 Å². The number of rotatable bonds is 7. The Bertz CT molecular complexity index is 929. The van der Waals surface area contributed by atoms with Gasteiger partial charge in [0.2, 0.25) is 0 Å². The van der Waals surface area contributed by atoms with Gasteiger partial charge in [-0.25, -0.2) is 13.2 Å². The lowest BCUT2D eigenvalue weighted by atomic mass is 9.75. The zero-order valence-electron chi connectivity index (χ0n) is 19.7. The van der Waals surface area contributed by atoms with Gasteiger partial charge in [0, 0.05) is 19.3 Å². The van der Waals surface area contributed by atoms with Crippen LogP contribution in [0.25, 0.3) is 0 Å². The first-order valence-electron chi connectivity index (χ1n) is 12.4. The number of methoxy groups -OCH3 is 1. The quantitative estimate of drug-likeness (QED) is 0.420. The van der Waals surface area contributed by atoms with E-state index in [2.05, 4.69) is 0 Å². The second-order valence-corrected chi connectivity index (χ2v) is 9.62. The largest absolute Gasteiger partial charge is 0.381 e. The summed E-state index contributed by atoms with van der Waals surface area (Å²) >= 11 is 0. The minimum Gasteiger partial charge on any atom is -0.381 e. The molecule has 2 aromatic carbocycles. The van der Waals surface area contributed by atoms with E-state index in [4.69, 9.17) is 9.47 Å². The van der Waals surface area contributed by atoms with E-state index in [0.29, 0.717) is 23.3 Å². The molecule has 0 aromatic heterocycles. The van der Waals surface area contributed by atoms with Crippen molar-refractivity contribution >= 4 is 0 Å². The molecule has 2 aliphatic carbocycles. The van der Waals surface area contributed by atoms with E-state index in [1.807, 2.05) is 25.1 Å². The van der Waals surface area contributed by atoms with E-state index in [9.17, 15) is 4.39 Å². The average molecular weight is 461 g/mol. The third kappa shape index (κ3) is 5.46. The first-order valence-corrected chi connectivity index (χ1v) is 12.4. The maximum atomic E-state index is 15.1. The Morgan fingerprint density at radius 2 is 1.30 bits per heavy atom. The molecular weight excluding hydrogens is 425 g/mol. The summed E-state index contributed by atoms with van der Waals surface area (Å²) in [6, 6.07) is 9.02. The highest BCUT2D eigenvalue weighted by atomic mass is 19.2. The molecule has 0 spiro atoms. The van der Waals surface area contributed by atoms with Crippen LogP contribution >= 0.6 is 0 Å². The minimum atomic E-state index is -0.670. The van der Waals surface area contributed by atoms with Crippen molar-refractivity contribution in [3.8, 4) is 0 Å². The van der Waals surface area contributed by atoms with E-state index in [1.54, 1.807) is 19.2 Å². The zero-order chi connectivity index (χ0) is 23.4. The highest BCUT2D eigenvalue weighted by molar-refractivity contribution is 5.33. The van der Waals surface area contributed by atoms with Crippen molar-refractivity contribution in [3.63, 3.8) is 0 Å². The fourth-order valence-electron chi connectivity index (χ4n) is 5.70. The average Bonchev–Trinajstić information content (AvgIpc) is 2.85. The molecule has 0 saturated heterocycles. The summed E-state index contributed by atoms with van der Waals surface area (Å²) < 4.78 is 55.3. The Hall–Kier alpha value is -1.85. The van der Waals surface area contributed by atoms with Crippen LogP contribution in [0.1, 0.15) is 98.3 Å². The van der Waals surface area contributed by atoms with Gasteiger partial charge in [-0.2, -0.15) is 0 Å². The van der Waals surface area contributed by atoms with Gasteiger partial charge in [-0.15, -0.1) is 0 Å². The van der Waals surface area contributed by atoms with Crippen LogP contribution in [0.15, 0.2) is 30.3 Å². The Kier molecular flexibility index (Phi) is 8.13. The zero-order valence-corrected chi connectivity index (χ0v) is 19.7. The highest BCUT2D eigenvalue weighted by Crippen LogP contribution is 2.43. The summed E-state index contributed by atoms with van der Waals surface area (Å²) in [5.41, 5.74) is 2.57. The van der Waals surface area contributed by atoms with Gasteiger partial charge < -0.3 is 9.47 Å². The fraction of sp³-hybridized carbons (Fsp3) is 0.571. The van der Waals surface area contributed by atoms with Crippen molar-refractivity contribution < 1.29 is 22.6 Å². The summed E-state index contributed by atoms with van der Waals surface area (Å²) in [6.07, 6.45) is 6.93. The van der Waals surface area contributed by atoms with Crippen molar-refractivity contribution in [1.82, 2.24) is 0 Å². The maximum absolute atomic E-state index is 15.1. The van der Waals surface area contributed by atoms with Gasteiger partial charge in [0.05, 0.1) is 12.7 Å². The van der Waals surface area contributed by atoms with Crippen molar-refractivity contribution in [1.29, 1.82) is 0 Å². The van der Waals surface area contributed by atoms with Crippen LogP contribution in [0.4, 0.5) is 13.2 Å². The predicted octanol–water partition coefficient (Wildman–Crippen LogP) is 7.75. The summed E-state index contributed by atoms with van der Waals surface area (Å²) in [5.74, 6) is -1.24. The molecule has 0 heterocycles. The Morgan fingerprint density at radius 3 is 1.82 bits per heavy atom. The number of halogens is 3. The summed E-state index contributed by atoms with van der Waals surface area (Å²) in [4.78, 5) is 0. The summed E-state index contributed by atoms with van der Waals surface area (Å²) in [6.45, 7) is 2.72. The molecule has 0 radical (unpaired) electrons. The normalized spacial score (nSPS) is 25.8. The van der Waals surface area contributed by atoms with Crippen LogP contribution in [0.5, 0.6) is 0 Å². The Morgan fingerprint density at radius 1 is 0.758 bits per heavy atom. The molecule has 0 aliphatic heterocycles. The highest BCUT2D eigenvalue weighted by Gasteiger charge is 2.30. The van der Waals surface area contributed by atoms with Crippen molar-refractivity contribution in [2.45, 2.75) is 88.8 Å².